The fourth-order valence-electron chi connectivity index (χ4n) is 4.15. The molecule has 8 nitrogen and oxygen atoms in total. The number of anilines is 2. The van der Waals surface area contributed by atoms with Crippen LogP contribution in [0.4, 0.5) is 10.3 Å². The van der Waals surface area contributed by atoms with Gasteiger partial charge in [0.2, 0.25) is 22.1 Å². The van der Waals surface area contributed by atoms with Crippen molar-refractivity contribution in [1.29, 1.82) is 0 Å². The maximum atomic E-state index is 12.2. The molecular weight excluding hydrogens is 420 g/mol. The number of carbonyl (C=O) groups is 2. The van der Waals surface area contributed by atoms with Gasteiger partial charge in [0.05, 0.1) is 0 Å². The van der Waals surface area contributed by atoms with E-state index in [0.29, 0.717) is 10.3 Å². The van der Waals surface area contributed by atoms with Crippen molar-refractivity contribution in [3.63, 3.8) is 0 Å². The van der Waals surface area contributed by atoms with Crippen molar-refractivity contribution in [1.82, 2.24) is 20.4 Å². The number of unbranched alkanes of at least 4 members (excludes halogenated alkanes) is 1. The highest BCUT2D eigenvalue weighted by molar-refractivity contribution is 7.15. The van der Waals surface area contributed by atoms with E-state index in [-0.39, 0.29) is 23.7 Å². The van der Waals surface area contributed by atoms with Gasteiger partial charge in [-0.1, -0.05) is 48.4 Å². The minimum Gasteiger partial charge on any atom is -0.300 e. The van der Waals surface area contributed by atoms with Crippen molar-refractivity contribution in [2.45, 2.75) is 77.0 Å². The number of amides is 2. The number of carbonyl (C=O) groups excluding carboxylic acids is 2. The van der Waals surface area contributed by atoms with Crippen LogP contribution in [0.3, 0.4) is 0 Å². The standard InChI is InChI=1S/C20H28N6O2S2/c27-17(13-7-1-2-8-13)21-19-25-23-15(29-19)11-5-6-12-16-24-26-20(30-16)22-18(28)14-9-3-4-10-14/h13-14H,1-12H2,(H,21,25,27)(H,22,26,28). The van der Waals surface area contributed by atoms with Crippen LogP contribution in [0.1, 0.15) is 74.2 Å². The topological polar surface area (TPSA) is 110 Å². The van der Waals surface area contributed by atoms with Crippen LogP contribution in [0.25, 0.3) is 0 Å². The van der Waals surface area contributed by atoms with E-state index in [4.69, 9.17) is 0 Å². The van der Waals surface area contributed by atoms with Gasteiger partial charge in [-0.15, -0.1) is 20.4 Å². The summed E-state index contributed by atoms with van der Waals surface area (Å²) in [6, 6.07) is 0. The number of hydrogen-bond donors (Lipinski definition) is 2. The molecule has 2 aliphatic carbocycles. The van der Waals surface area contributed by atoms with E-state index in [1.807, 2.05) is 0 Å². The van der Waals surface area contributed by atoms with Crippen molar-refractivity contribution in [2.75, 3.05) is 10.6 Å². The second-order valence-corrected chi connectivity index (χ2v) is 10.3. The predicted octanol–water partition coefficient (Wildman–Crippen LogP) is 4.21. The van der Waals surface area contributed by atoms with Gasteiger partial charge in [0.1, 0.15) is 10.0 Å². The van der Waals surface area contributed by atoms with E-state index in [1.165, 1.54) is 22.7 Å². The average Bonchev–Trinajstić information content (AvgIpc) is 3.54. The highest BCUT2D eigenvalue weighted by Crippen LogP contribution is 2.28. The van der Waals surface area contributed by atoms with Crippen molar-refractivity contribution < 1.29 is 9.59 Å². The first-order valence-electron chi connectivity index (χ1n) is 10.9. The fourth-order valence-corrected chi connectivity index (χ4v) is 5.72. The molecule has 2 saturated carbocycles. The number of hydrogen-bond acceptors (Lipinski definition) is 8. The Balaban J connectivity index is 1.15. The lowest BCUT2D eigenvalue weighted by Crippen LogP contribution is -2.20. The summed E-state index contributed by atoms with van der Waals surface area (Å²) in [5.74, 6) is 0.443. The lowest BCUT2D eigenvalue weighted by Gasteiger charge is -2.06. The van der Waals surface area contributed by atoms with Crippen molar-refractivity contribution in [2.24, 2.45) is 11.8 Å². The van der Waals surface area contributed by atoms with Crippen LogP contribution in [0.2, 0.25) is 0 Å². The molecule has 0 atom stereocenters. The minimum absolute atomic E-state index is 0.0855. The number of nitrogens with one attached hydrogen (secondary N) is 2. The van der Waals surface area contributed by atoms with Gasteiger partial charge in [-0.25, -0.2) is 0 Å². The highest BCUT2D eigenvalue weighted by Gasteiger charge is 2.24. The molecule has 0 unspecified atom stereocenters. The van der Waals surface area contributed by atoms with E-state index < -0.39 is 0 Å². The number of rotatable bonds is 9. The third kappa shape index (κ3) is 5.81. The second-order valence-electron chi connectivity index (χ2n) is 8.15. The molecule has 2 N–H and O–H groups in total. The van der Waals surface area contributed by atoms with E-state index >= 15 is 0 Å². The normalized spacial score (nSPS) is 17.5. The largest absolute Gasteiger partial charge is 0.300 e. The first-order chi connectivity index (χ1) is 14.7. The molecule has 2 aliphatic rings. The summed E-state index contributed by atoms with van der Waals surface area (Å²) in [4.78, 5) is 24.3. The van der Waals surface area contributed by atoms with Gasteiger partial charge in [-0.3, -0.25) is 9.59 Å². The minimum atomic E-state index is 0.0855. The lowest BCUT2D eigenvalue weighted by atomic mass is 10.1. The highest BCUT2D eigenvalue weighted by atomic mass is 32.1. The summed E-state index contributed by atoms with van der Waals surface area (Å²) in [5, 5.41) is 25.5. The van der Waals surface area contributed by atoms with E-state index in [2.05, 4.69) is 31.0 Å². The number of aromatic nitrogens is 4. The van der Waals surface area contributed by atoms with Gasteiger partial charge in [0.15, 0.2) is 0 Å². The molecule has 0 radical (unpaired) electrons. The Kier molecular flexibility index (Phi) is 7.37. The zero-order valence-electron chi connectivity index (χ0n) is 17.1. The molecule has 30 heavy (non-hydrogen) atoms. The van der Waals surface area contributed by atoms with E-state index in [0.717, 1.165) is 87.1 Å². The van der Waals surface area contributed by atoms with Crippen LogP contribution in [-0.2, 0) is 22.4 Å². The molecule has 0 aromatic carbocycles. The van der Waals surface area contributed by atoms with Crippen molar-refractivity contribution >= 4 is 44.8 Å². The van der Waals surface area contributed by atoms with Gasteiger partial charge in [0, 0.05) is 24.7 Å². The summed E-state index contributed by atoms with van der Waals surface area (Å²) in [5.41, 5.74) is 0. The first-order valence-corrected chi connectivity index (χ1v) is 12.6. The average molecular weight is 449 g/mol. The SMILES string of the molecule is O=C(Nc1nnc(CCCCc2nnc(NC(=O)C3CCCC3)s2)s1)C1CCCC1. The Morgan fingerprint density at radius 3 is 1.50 bits per heavy atom. The van der Waals surface area contributed by atoms with Crippen molar-refractivity contribution in [3.8, 4) is 0 Å². The Hall–Kier alpha value is -1.94. The number of aryl methyl sites for hydroxylation is 2. The molecule has 0 spiro atoms. The number of nitrogens with zero attached hydrogens (tertiary/aromatic N) is 4. The summed E-state index contributed by atoms with van der Waals surface area (Å²) in [7, 11) is 0. The summed E-state index contributed by atoms with van der Waals surface area (Å²) < 4.78 is 0. The molecule has 162 valence electrons. The second kappa shape index (κ2) is 10.4. The molecular formula is C20H28N6O2S2. The Bertz CT molecular complexity index is 785. The zero-order chi connectivity index (χ0) is 20.8. The van der Waals surface area contributed by atoms with E-state index in [9.17, 15) is 9.59 Å². The first kappa shape index (κ1) is 21.3. The van der Waals surface area contributed by atoms with Gasteiger partial charge < -0.3 is 10.6 Å². The molecule has 10 heteroatoms. The van der Waals surface area contributed by atoms with Gasteiger partial charge in [-0.05, 0) is 38.5 Å². The van der Waals surface area contributed by atoms with Crippen LogP contribution in [-0.4, -0.2) is 32.2 Å². The molecule has 4 rings (SSSR count). The third-order valence-corrected chi connectivity index (χ3v) is 7.67. The summed E-state index contributed by atoms with van der Waals surface area (Å²) >= 11 is 2.92. The molecule has 2 aromatic heterocycles. The maximum absolute atomic E-state index is 12.2. The van der Waals surface area contributed by atoms with Crippen LogP contribution in [0.15, 0.2) is 0 Å². The quantitative estimate of drug-likeness (QED) is 0.556. The zero-order valence-corrected chi connectivity index (χ0v) is 18.7. The Morgan fingerprint density at radius 2 is 1.10 bits per heavy atom. The predicted molar refractivity (Wildman–Crippen MR) is 118 cm³/mol. The molecule has 2 amide bonds. The Labute approximate surface area is 184 Å². The lowest BCUT2D eigenvalue weighted by molar-refractivity contribution is -0.120. The van der Waals surface area contributed by atoms with Gasteiger partial charge in [0.25, 0.3) is 0 Å². The van der Waals surface area contributed by atoms with Crippen molar-refractivity contribution in [3.05, 3.63) is 10.0 Å². The molecule has 2 aromatic rings. The van der Waals surface area contributed by atoms with Gasteiger partial charge >= 0.3 is 0 Å². The molecule has 0 aliphatic heterocycles. The maximum Gasteiger partial charge on any atom is 0.229 e. The van der Waals surface area contributed by atoms with Crippen LogP contribution in [0, 0.1) is 11.8 Å². The fraction of sp³-hybridized carbons (Fsp3) is 0.700. The molecule has 0 bridgehead atoms. The summed E-state index contributed by atoms with van der Waals surface area (Å²) in [6.07, 6.45) is 12.1. The van der Waals surface area contributed by atoms with Crippen LogP contribution >= 0.6 is 22.7 Å². The summed E-state index contributed by atoms with van der Waals surface area (Å²) in [6.45, 7) is 0. The molecule has 0 saturated heterocycles. The third-order valence-electron chi connectivity index (χ3n) is 5.88. The van der Waals surface area contributed by atoms with Crippen LogP contribution < -0.4 is 10.6 Å². The van der Waals surface area contributed by atoms with E-state index in [1.54, 1.807) is 0 Å². The molecule has 2 fully saturated rings. The smallest absolute Gasteiger partial charge is 0.229 e. The molecule has 2 heterocycles. The monoisotopic (exact) mass is 448 g/mol. The Morgan fingerprint density at radius 1 is 0.700 bits per heavy atom. The van der Waals surface area contributed by atoms with Gasteiger partial charge in [-0.2, -0.15) is 0 Å². The van der Waals surface area contributed by atoms with Crippen LogP contribution in [0.5, 0.6) is 0 Å².